The summed E-state index contributed by atoms with van der Waals surface area (Å²) in [6.45, 7) is 5.43. The smallest absolute Gasteiger partial charge is 0.408 e. The van der Waals surface area contributed by atoms with Gasteiger partial charge in [-0.1, -0.05) is 24.3 Å². The molecule has 1 saturated heterocycles. The number of pyridine rings is 2. The highest BCUT2D eigenvalue weighted by Gasteiger charge is 2.49. The topological polar surface area (TPSA) is 105 Å². The Morgan fingerprint density at radius 2 is 1.95 bits per heavy atom. The number of hydrogen-bond donors (Lipinski definition) is 2. The Labute approximate surface area is 216 Å². The number of nitrogens with one attached hydrogen (secondary N) is 1. The van der Waals surface area contributed by atoms with Crippen molar-refractivity contribution in [3.05, 3.63) is 54.2 Å². The van der Waals surface area contributed by atoms with Crippen LogP contribution in [0.5, 0.6) is 5.75 Å². The molecule has 1 aliphatic rings. The minimum atomic E-state index is -4.60. The van der Waals surface area contributed by atoms with Crippen LogP contribution in [0.25, 0.3) is 28.1 Å². The summed E-state index contributed by atoms with van der Waals surface area (Å²) < 4.78 is 50.6. The van der Waals surface area contributed by atoms with Crippen LogP contribution in [0.15, 0.2) is 48.7 Å². The summed E-state index contributed by atoms with van der Waals surface area (Å²) in [5.74, 6) is 0.890. The molecule has 12 heteroatoms. The standard InChI is InChI=1S/C26H27F3N6O3/c1-15(2)38-19-6-4-5-16-7-9-18(30-21(16)19)23-33-32-20-10-8-17(13-35(20)23)22(26(27,28)29)34-12-11-25(3,14-34)31-24(36)37/h4-10,13,15,22,31H,11-12,14H2,1-3H3,(H,36,37)/t22-,25-/m0/s1. The number of alkyl halides is 3. The van der Waals surface area contributed by atoms with Gasteiger partial charge in [0.25, 0.3) is 0 Å². The van der Waals surface area contributed by atoms with Crippen molar-refractivity contribution in [3.8, 4) is 17.3 Å². The van der Waals surface area contributed by atoms with E-state index in [0.717, 1.165) is 5.39 Å². The van der Waals surface area contributed by atoms with Gasteiger partial charge in [-0.2, -0.15) is 13.2 Å². The predicted molar refractivity (Wildman–Crippen MR) is 134 cm³/mol. The monoisotopic (exact) mass is 528 g/mol. The van der Waals surface area contributed by atoms with E-state index in [-0.39, 0.29) is 31.2 Å². The molecule has 1 fully saturated rings. The molecular formula is C26H27F3N6O3. The summed E-state index contributed by atoms with van der Waals surface area (Å²) in [5.41, 5.74) is 0.436. The van der Waals surface area contributed by atoms with Crippen LogP contribution in [-0.2, 0) is 0 Å². The first-order chi connectivity index (χ1) is 17.9. The molecule has 9 nitrogen and oxygen atoms in total. The lowest BCUT2D eigenvalue weighted by Crippen LogP contribution is -2.48. The largest absolute Gasteiger partial charge is 0.489 e. The third-order valence-electron chi connectivity index (χ3n) is 6.60. The molecule has 0 spiro atoms. The van der Waals surface area contributed by atoms with Crippen LogP contribution in [-0.4, -0.2) is 66.6 Å². The molecule has 5 rings (SSSR count). The van der Waals surface area contributed by atoms with Gasteiger partial charge in [0.1, 0.15) is 23.0 Å². The van der Waals surface area contributed by atoms with E-state index in [4.69, 9.17) is 14.8 Å². The van der Waals surface area contributed by atoms with Gasteiger partial charge in [0, 0.05) is 24.7 Å². The number of fused-ring (bicyclic) bond motifs is 2. The fourth-order valence-electron chi connectivity index (χ4n) is 5.02. The van der Waals surface area contributed by atoms with Gasteiger partial charge in [0.15, 0.2) is 11.5 Å². The summed E-state index contributed by atoms with van der Waals surface area (Å²) in [6, 6.07) is 10.1. The van der Waals surface area contributed by atoms with Crippen LogP contribution >= 0.6 is 0 Å². The van der Waals surface area contributed by atoms with Crippen molar-refractivity contribution in [3.63, 3.8) is 0 Å². The first kappa shape index (κ1) is 25.7. The molecule has 3 aromatic heterocycles. The molecule has 1 aliphatic heterocycles. The molecule has 200 valence electrons. The van der Waals surface area contributed by atoms with Crippen LogP contribution < -0.4 is 10.1 Å². The number of aromatic nitrogens is 4. The number of rotatable bonds is 6. The second kappa shape index (κ2) is 9.43. The molecule has 1 amide bonds. The Hall–Kier alpha value is -3.93. The van der Waals surface area contributed by atoms with Gasteiger partial charge in [0.05, 0.1) is 11.6 Å². The summed E-state index contributed by atoms with van der Waals surface area (Å²) in [7, 11) is 0. The zero-order valence-corrected chi connectivity index (χ0v) is 21.0. The van der Waals surface area contributed by atoms with Crippen molar-refractivity contribution in [2.45, 2.75) is 51.1 Å². The maximum absolute atomic E-state index is 14.4. The van der Waals surface area contributed by atoms with Crippen LogP contribution in [0.4, 0.5) is 18.0 Å². The highest BCUT2D eigenvalue weighted by Crippen LogP contribution is 2.41. The molecule has 2 N–H and O–H groups in total. The number of amides is 1. The van der Waals surface area contributed by atoms with Crippen LogP contribution in [0.2, 0.25) is 0 Å². The Morgan fingerprint density at radius 1 is 1.16 bits per heavy atom. The lowest BCUT2D eigenvalue weighted by atomic mass is 10.0. The maximum atomic E-state index is 14.4. The minimum Gasteiger partial charge on any atom is -0.489 e. The summed E-state index contributed by atoms with van der Waals surface area (Å²) in [5, 5.41) is 20.7. The van der Waals surface area contributed by atoms with E-state index in [9.17, 15) is 18.0 Å². The van der Waals surface area contributed by atoms with Crippen molar-refractivity contribution < 1.29 is 27.8 Å². The quantitative estimate of drug-likeness (QED) is 0.360. The fourth-order valence-corrected chi connectivity index (χ4v) is 5.02. The number of halogens is 3. The van der Waals surface area contributed by atoms with E-state index < -0.39 is 23.9 Å². The summed E-state index contributed by atoms with van der Waals surface area (Å²) in [4.78, 5) is 17.1. The van der Waals surface area contributed by atoms with Crippen molar-refractivity contribution in [1.29, 1.82) is 0 Å². The molecule has 0 unspecified atom stereocenters. The first-order valence-corrected chi connectivity index (χ1v) is 12.2. The number of carboxylic acid groups (broad SMARTS) is 1. The average Bonchev–Trinajstić information content (AvgIpc) is 3.40. The average molecular weight is 529 g/mol. The van der Waals surface area contributed by atoms with Gasteiger partial charge in [-0.15, -0.1) is 10.2 Å². The molecule has 1 aromatic carbocycles. The third kappa shape index (κ3) is 4.95. The Balaban J connectivity index is 1.56. The maximum Gasteiger partial charge on any atom is 0.408 e. The summed E-state index contributed by atoms with van der Waals surface area (Å²) in [6.07, 6.45) is -4.29. The number of benzene rings is 1. The van der Waals surface area contributed by atoms with Crippen LogP contribution in [0.3, 0.4) is 0 Å². The molecule has 4 aromatic rings. The third-order valence-corrected chi connectivity index (χ3v) is 6.60. The number of para-hydroxylation sites is 1. The zero-order chi connectivity index (χ0) is 27.2. The SMILES string of the molecule is CC(C)Oc1cccc2ccc(-c3nnc4ccc([C@H](N5CC[C@](C)(NC(=O)O)C5)C(F)(F)F)cn34)nc12. The molecule has 0 saturated carbocycles. The summed E-state index contributed by atoms with van der Waals surface area (Å²) >= 11 is 0. The number of carbonyl (C=O) groups is 1. The van der Waals surface area contributed by atoms with E-state index in [2.05, 4.69) is 15.5 Å². The van der Waals surface area contributed by atoms with Gasteiger partial charge in [-0.25, -0.2) is 9.78 Å². The molecule has 4 heterocycles. The van der Waals surface area contributed by atoms with Gasteiger partial charge >= 0.3 is 12.3 Å². The fraction of sp³-hybridized carbons (Fsp3) is 0.385. The van der Waals surface area contributed by atoms with Crippen molar-refractivity contribution in [2.75, 3.05) is 13.1 Å². The Morgan fingerprint density at radius 3 is 2.66 bits per heavy atom. The van der Waals surface area contributed by atoms with E-state index in [1.54, 1.807) is 13.0 Å². The highest BCUT2D eigenvalue weighted by atomic mass is 19.4. The number of nitrogens with zero attached hydrogens (tertiary/aromatic N) is 5. The Kier molecular flexibility index (Phi) is 6.38. The lowest BCUT2D eigenvalue weighted by Gasteiger charge is -2.32. The zero-order valence-electron chi connectivity index (χ0n) is 21.0. The van der Waals surface area contributed by atoms with Gasteiger partial charge in [-0.3, -0.25) is 9.30 Å². The lowest BCUT2D eigenvalue weighted by molar-refractivity contribution is -0.184. The molecule has 0 radical (unpaired) electrons. The van der Waals surface area contributed by atoms with Crippen molar-refractivity contribution in [2.24, 2.45) is 0 Å². The van der Waals surface area contributed by atoms with Gasteiger partial charge in [-0.05, 0) is 51.0 Å². The number of likely N-dealkylation sites (tertiary alicyclic amines) is 1. The van der Waals surface area contributed by atoms with E-state index in [1.165, 1.54) is 27.6 Å². The van der Waals surface area contributed by atoms with Crippen LogP contribution in [0.1, 0.15) is 38.8 Å². The number of ether oxygens (including phenoxy) is 1. The Bertz CT molecular complexity index is 1500. The second-order valence-corrected chi connectivity index (χ2v) is 10.1. The minimum absolute atomic E-state index is 0.00440. The van der Waals surface area contributed by atoms with E-state index in [0.29, 0.717) is 28.4 Å². The van der Waals surface area contributed by atoms with Gasteiger partial charge < -0.3 is 15.2 Å². The van der Waals surface area contributed by atoms with Gasteiger partial charge in [0.2, 0.25) is 0 Å². The molecule has 0 aliphatic carbocycles. The molecule has 2 atom stereocenters. The van der Waals surface area contributed by atoms with Crippen molar-refractivity contribution in [1.82, 2.24) is 29.8 Å². The predicted octanol–water partition coefficient (Wildman–Crippen LogP) is 5.07. The van der Waals surface area contributed by atoms with E-state index >= 15 is 0 Å². The number of hydrogen-bond acceptors (Lipinski definition) is 6. The second-order valence-electron chi connectivity index (χ2n) is 10.1. The highest BCUT2D eigenvalue weighted by molar-refractivity contribution is 5.86. The molecule has 0 bridgehead atoms. The first-order valence-electron chi connectivity index (χ1n) is 12.2. The molecular weight excluding hydrogens is 501 g/mol. The van der Waals surface area contributed by atoms with Crippen molar-refractivity contribution >= 4 is 22.6 Å². The molecule has 38 heavy (non-hydrogen) atoms. The normalized spacial score (nSPS) is 19.3. The van der Waals surface area contributed by atoms with Crippen LogP contribution in [0, 0.1) is 0 Å². The van der Waals surface area contributed by atoms with E-state index in [1.807, 2.05) is 38.1 Å².